The second kappa shape index (κ2) is 8.11. The number of hydrogen-bond donors (Lipinski definition) is 0. The van der Waals surface area contributed by atoms with E-state index in [0.717, 1.165) is 24.8 Å². The molecule has 3 rings (SSSR count). The van der Waals surface area contributed by atoms with E-state index in [1.54, 1.807) is 0 Å². The van der Waals surface area contributed by atoms with Crippen LogP contribution >= 0.6 is 0 Å². The highest BCUT2D eigenvalue weighted by Crippen LogP contribution is 2.22. The summed E-state index contributed by atoms with van der Waals surface area (Å²) in [5.74, 6) is 0.461. The van der Waals surface area contributed by atoms with E-state index in [2.05, 4.69) is 25.1 Å². The Hall–Kier alpha value is -2.42. The Kier molecular flexibility index (Phi) is 5.64. The summed E-state index contributed by atoms with van der Waals surface area (Å²) in [5, 5.41) is 0. The van der Waals surface area contributed by atoms with Crippen LogP contribution < -0.4 is 0 Å². The molecular formula is C22H25NO2. The molecule has 1 aliphatic heterocycles. The minimum Gasteiger partial charge on any atom is -0.343 e. The van der Waals surface area contributed by atoms with Gasteiger partial charge in [0.2, 0.25) is 5.91 Å². The van der Waals surface area contributed by atoms with E-state index in [1.165, 1.54) is 11.1 Å². The minimum atomic E-state index is 0.0447. The van der Waals surface area contributed by atoms with E-state index >= 15 is 0 Å². The highest BCUT2D eigenvalue weighted by Gasteiger charge is 2.27. The van der Waals surface area contributed by atoms with Crippen molar-refractivity contribution < 1.29 is 9.59 Å². The average molecular weight is 335 g/mol. The van der Waals surface area contributed by atoms with Crippen molar-refractivity contribution in [1.82, 2.24) is 4.90 Å². The second-order valence-corrected chi connectivity index (χ2v) is 6.87. The molecule has 0 bridgehead atoms. The van der Waals surface area contributed by atoms with E-state index in [1.807, 2.05) is 41.3 Å². The third-order valence-corrected chi connectivity index (χ3v) is 4.99. The number of carbonyl (C=O) groups excluding carboxylic acids is 2. The summed E-state index contributed by atoms with van der Waals surface area (Å²) < 4.78 is 0. The lowest BCUT2D eigenvalue weighted by atomic mass is 9.89. The molecule has 130 valence electrons. The first-order valence-electron chi connectivity index (χ1n) is 9.06. The summed E-state index contributed by atoms with van der Waals surface area (Å²) in [4.78, 5) is 26.9. The second-order valence-electron chi connectivity index (χ2n) is 6.87. The van der Waals surface area contributed by atoms with Gasteiger partial charge in [0.1, 0.15) is 0 Å². The molecule has 0 N–H and O–H groups in total. The van der Waals surface area contributed by atoms with Crippen molar-refractivity contribution >= 4 is 11.7 Å². The number of carbonyl (C=O) groups is 2. The van der Waals surface area contributed by atoms with Gasteiger partial charge in [0.05, 0.1) is 0 Å². The number of likely N-dealkylation sites (tertiary alicyclic amines) is 1. The first-order chi connectivity index (χ1) is 12.1. The maximum Gasteiger partial charge on any atom is 0.222 e. The molecule has 1 aliphatic rings. The number of benzene rings is 2. The van der Waals surface area contributed by atoms with Crippen LogP contribution in [0.5, 0.6) is 0 Å². The Bertz CT molecular complexity index is 731. The molecule has 25 heavy (non-hydrogen) atoms. The van der Waals surface area contributed by atoms with Crippen molar-refractivity contribution in [2.24, 2.45) is 5.92 Å². The molecule has 0 saturated carbocycles. The highest BCUT2D eigenvalue weighted by atomic mass is 16.2. The number of Topliss-reactive ketones (excluding diaryl/α,β-unsaturated/α-hetero) is 1. The van der Waals surface area contributed by atoms with Gasteiger partial charge < -0.3 is 4.90 Å². The summed E-state index contributed by atoms with van der Waals surface area (Å²) in [6, 6.07) is 17.8. The van der Waals surface area contributed by atoms with Gasteiger partial charge in [-0.25, -0.2) is 0 Å². The van der Waals surface area contributed by atoms with E-state index in [9.17, 15) is 9.59 Å². The fourth-order valence-electron chi connectivity index (χ4n) is 3.51. The van der Waals surface area contributed by atoms with Crippen molar-refractivity contribution in [3.8, 4) is 0 Å². The number of rotatable bonds is 5. The SMILES string of the molecule is Cc1cccc(CCC(=O)N2CCC(C(=O)c3ccccc3)CC2)c1. The molecule has 0 aromatic heterocycles. The predicted octanol–water partition coefficient (Wildman–Crippen LogP) is 4.05. The summed E-state index contributed by atoms with van der Waals surface area (Å²) in [7, 11) is 0. The maximum atomic E-state index is 12.5. The number of nitrogens with zero attached hydrogens (tertiary/aromatic N) is 1. The van der Waals surface area contributed by atoms with Crippen LogP contribution in [0.3, 0.4) is 0 Å². The topological polar surface area (TPSA) is 37.4 Å². The zero-order valence-corrected chi connectivity index (χ0v) is 14.8. The van der Waals surface area contributed by atoms with Crippen LogP contribution in [-0.2, 0) is 11.2 Å². The Balaban J connectivity index is 1.48. The molecule has 0 unspecified atom stereocenters. The molecule has 2 aromatic carbocycles. The Morgan fingerprint density at radius 3 is 2.40 bits per heavy atom. The fourth-order valence-corrected chi connectivity index (χ4v) is 3.51. The van der Waals surface area contributed by atoms with Crippen molar-refractivity contribution in [3.63, 3.8) is 0 Å². The lowest BCUT2D eigenvalue weighted by molar-refractivity contribution is -0.132. The smallest absolute Gasteiger partial charge is 0.222 e. The van der Waals surface area contributed by atoms with Gasteiger partial charge in [0, 0.05) is 31.0 Å². The number of hydrogen-bond acceptors (Lipinski definition) is 2. The molecule has 0 radical (unpaired) electrons. The van der Waals surface area contributed by atoms with Crippen LogP contribution in [0, 0.1) is 12.8 Å². The highest BCUT2D eigenvalue weighted by molar-refractivity contribution is 5.98. The third kappa shape index (κ3) is 4.56. The van der Waals surface area contributed by atoms with Crippen molar-refractivity contribution in [2.45, 2.75) is 32.6 Å². The standard InChI is InChI=1S/C22H25NO2/c1-17-6-5-7-18(16-17)10-11-21(24)23-14-12-20(13-15-23)22(25)19-8-3-2-4-9-19/h2-9,16,20H,10-15H2,1H3. The van der Waals surface area contributed by atoms with Gasteiger partial charge >= 0.3 is 0 Å². The molecule has 1 saturated heterocycles. The number of piperidine rings is 1. The van der Waals surface area contributed by atoms with Crippen LogP contribution in [-0.4, -0.2) is 29.7 Å². The minimum absolute atomic E-state index is 0.0447. The molecule has 0 spiro atoms. The average Bonchev–Trinajstić information content (AvgIpc) is 2.66. The first kappa shape index (κ1) is 17.4. The predicted molar refractivity (Wildman–Crippen MR) is 99.6 cm³/mol. The largest absolute Gasteiger partial charge is 0.343 e. The Labute approximate surface area is 149 Å². The van der Waals surface area contributed by atoms with Crippen molar-refractivity contribution in [2.75, 3.05) is 13.1 Å². The monoisotopic (exact) mass is 335 g/mol. The Morgan fingerprint density at radius 2 is 1.72 bits per heavy atom. The van der Waals surface area contributed by atoms with Gasteiger partial charge in [-0.2, -0.15) is 0 Å². The molecule has 0 aliphatic carbocycles. The van der Waals surface area contributed by atoms with Crippen LogP contribution in [0.1, 0.15) is 40.7 Å². The lowest BCUT2D eigenvalue weighted by Crippen LogP contribution is -2.40. The first-order valence-corrected chi connectivity index (χ1v) is 9.06. The van der Waals surface area contributed by atoms with E-state index in [-0.39, 0.29) is 17.6 Å². The Morgan fingerprint density at radius 1 is 1.00 bits per heavy atom. The number of ketones is 1. The molecular weight excluding hydrogens is 310 g/mol. The maximum absolute atomic E-state index is 12.5. The normalized spacial score (nSPS) is 15.2. The summed E-state index contributed by atoms with van der Waals surface area (Å²) >= 11 is 0. The van der Waals surface area contributed by atoms with E-state index < -0.39 is 0 Å². The fraction of sp³-hybridized carbons (Fsp3) is 0.364. The zero-order chi connectivity index (χ0) is 17.6. The van der Waals surface area contributed by atoms with Crippen LogP contribution in [0.25, 0.3) is 0 Å². The zero-order valence-electron chi connectivity index (χ0n) is 14.8. The molecule has 0 atom stereocenters. The van der Waals surface area contributed by atoms with E-state index in [0.29, 0.717) is 19.5 Å². The summed E-state index contributed by atoms with van der Waals surface area (Å²) in [6.45, 7) is 3.45. The molecule has 3 nitrogen and oxygen atoms in total. The molecule has 2 aromatic rings. The van der Waals surface area contributed by atoms with Gasteiger partial charge in [0.15, 0.2) is 5.78 Å². The third-order valence-electron chi connectivity index (χ3n) is 4.99. The molecule has 1 heterocycles. The van der Waals surface area contributed by atoms with Gasteiger partial charge in [-0.3, -0.25) is 9.59 Å². The van der Waals surface area contributed by atoms with Gasteiger partial charge in [-0.15, -0.1) is 0 Å². The molecule has 3 heteroatoms. The quantitative estimate of drug-likeness (QED) is 0.773. The number of aryl methyl sites for hydroxylation is 2. The van der Waals surface area contributed by atoms with Crippen molar-refractivity contribution in [3.05, 3.63) is 71.3 Å². The molecule has 1 amide bonds. The molecule has 1 fully saturated rings. The van der Waals surface area contributed by atoms with Gasteiger partial charge in [0.25, 0.3) is 0 Å². The summed E-state index contributed by atoms with van der Waals surface area (Å²) in [5.41, 5.74) is 3.22. The van der Waals surface area contributed by atoms with Crippen molar-refractivity contribution in [1.29, 1.82) is 0 Å². The van der Waals surface area contributed by atoms with Gasteiger partial charge in [-0.05, 0) is 31.7 Å². The van der Waals surface area contributed by atoms with Gasteiger partial charge in [-0.1, -0.05) is 60.2 Å². The van der Waals surface area contributed by atoms with E-state index in [4.69, 9.17) is 0 Å². The summed E-state index contributed by atoms with van der Waals surface area (Å²) in [6.07, 6.45) is 2.86. The lowest BCUT2D eigenvalue weighted by Gasteiger charge is -2.31. The number of amides is 1. The van der Waals surface area contributed by atoms with Crippen LogP contribution in [0.4, 0.5) is 0 Å². The van der Waals surface area contributed by atoms with Crippen LogP contribution in [0.2, 0.25) is 0 Å². The van der Waals surface area contributed by atoms with Crippen LogP contribution in [0.15, 0.2) is 54.6 Å².